The quantitative estimate of drug-likeness (QED) is 0.873. The predicted molar refractivity (Wildman–Crippen MR) is 70.2 cm³/mol. The summed E-state index contributed by atoms with van der Waals surface area (Å²) in [5.41, 5.74) is 1.08. The summed E-state index contributed by atoms with van der Waals surface area (Å²) >= 11 is 1.60. The normalized spacial score (nSPS) is 19.2. The first kappa shape index (κ1) is 13.8. The lowest BCUT2D eigenvalue weighted by molar-refractivity contribution is -0.136. The van der Waals surface area contributed by atoms with Crippen LogP contribution < -0.4 is 5.32 Å². The molecule has 0 radical (unpaired) electrons. The van der Waals surface area contributed by atoms with E-state index in [1.54, 1.807) is 16.2 Å². The van der Waals surface area contributed by atoms with Crippen LogP contribution in [0.5, 0.6) is 0 Å². The van der Waals surface area contributed by atoms with Crippen molar-refractivity contribution >= 4 is 23.3 Å². The molecule has 7 heteroatoms. The monoisotopic (exact) mass is 284 g/mol. The molecule has 104 valence electrons. The van der Waals surface area contributed by atoms with Gasteiger partial charge in [0.15, 0.2) is 0 Å². The molecule has 1 aromatic rings. The van der Waals surface area contributed by atoms with Gasteiger partial charge in [-0.25, -0.2) is 4.79 Å². The lowest BCUT2D eigenvalue weighted by atomic mass is 10.1. The number of carboxylic acids is 1. The maximum Gasteiger partial charge on any atom is 0.317 e. The fourth-order valence-corrected chi connectivity index (χ4v) is 2.58. The molecule has 0 spiro atoms. The van der Waals surface area contributed by atoms with E-state index in [2.05, 4.69) is 5.32 Å². The van der Waals surface area contributed by atoms with Gasteiger partial charge in [-0.3, -0.25) is 4.79 Å². The summed E-state index contributed by atoms with van der Waals surface area (Å²) in [6.07, 6.45) is -0.158. The zero-order valence-corrected chi connectivity index (χ0v) is 11.2. The first-order valence-corrected chi connectivity index (χ1v) is 6.99. The van der Waals surface area contributed by atoms with Gasteiger partial charge < -0.3 is 20.1 Å². The third kappa shape index (κ3) is 3.93. The van der Waals surface area contributed by atoms with Crippen LogP contribution >= 0.6 is 11.3 Å². The molecular weight excluding hydrogens is 268 g/mol. The Morgan fingerprint density at radius 1 is 1.58 bits per heavy atom. The number of carboxylic acid groups (broad SMARTS) is 1. The number of urea groups is 1. The summed E-state index contributed by atoms with van der Waals surface area (Å²) in [6.45, 7) is 1.66. The molecule has 2 amide bonds. The van der Waals surface area contributed by atoms with Crippen molar-refractivity contribution in [3.63, 3.8) is 0 Å². The Balaban J connectivity index is 1.83. The number of rotatable bonds is 4. The molecule has 19 heavy (non-hydrogen) atoms. The molecule has 1 unspecified atom stereocenters. The maximum atomic E-state index is 11.9. The summed E-state index contributed by atoms with van der Waals surface area (Å²) in [4.78, 5) is 23.9. The number of aliphatic carboxylic acids is 1. The van der Waals surface area contributed by atoms with Gasteiger partial charge in [0, 0.05) is 13.1 Å². The molecule has 1 aromatic heterocycles. The largest absolute Gasteiger partial charge is 0.481 e. The van der Waals surface area contributed by atoms with Crippen LogP contribution in [0.1, 0.15) is 18.1 Å². The van der Waals surface area contributed by atoms with Gasteiger partial charge in [-0.2, -0.15) is 11.3 Å². The second kappa shape index (κ2) is 6.53. The van der Waals surface area contributed by atoms with Crippen LogP contribution in [0.2, 0.25) is 0 Å². The van der Waals surface area contributed by atoms with Crippen molar-refractivity contribution in [2.75, 3.05) is 26.2 Å². The van der Waals surface area contributed by atoms with Crippen LogP contribution in [0, 0.1) is 0 Å². The van der Waals surface area contributed by atoms with Crippen molar-refractivity contribution in [2.45, 2.75) is 12.5 Å². The van der Waals surface area contributed by atoms with E-state index in [0.29, 0.717) is 19.7 Å². The van der Waals surface area contributed by atoms with Gasteiger partial charge in [-0.15, -0.1) is 0 Å². The van der Waals surface area contributed by atoms with Crippen LogP contribution in [0.4, 0.5) is 4.79 Å². The van der Waals surface area contributed by atoms with Gasteiger partial charge in [0.05, 0.1) is 19.6 Å². The van der Waals surface area contributed by atoms with Crippen molar-refractivity contribution in [2.24, 2.45) is 0 Å². The minimum absolute atomic E-state index is 0.0654. The van der Waals surface area contributed by atoms with E-state index in [9.17, 15) is 9.59 Å². The second-order valence-corrected chi connectivity index (χ2v) is 5.02. The Kier molecular flexibility index (Phi) is 4.75. The van der Waals surface area contributed by atoms with Gasteiger partial charge in [0.2, 0.25) is 0 Å². The Hall–Kier alpha value is -1.60. The molecule has 6 nitrogen and oxygen atoms in total. The number of amides is 2. The molecule has 2 heterocycles. The van der Waals surface area contributed by atoms with Gasteiger partial charge in [0.1, 0.15) is 6.10 Å². The number of morpholine rings is 1. The molecule has 1 fully saturated rings. The van der Waals surface area contributed by atoms with Gasteiger partial charge in [0.25, 0.3) is 0 Å². The SMILES string of the molecule is O=C(O)CCNC(=O)N1CCOC(c2ccsc2)C1. The summed E-state index contributed by atoms with van der Waals surface area (Å²) in [5.74, 6) is -0.918. The van der Waals surface area contributed by atoms with Crippen LogP contribution in [-0.4, -0.2) is 48.2 Å². The van der Waals surface area contributed by atoms with Crippen LogP contribution in [0.25, 0.3) is 0 Å². The first-order valence-electron chi connectivity index (χ1n) is 6.05. The smallest absolute Gasteiger partial charge is 0.317 e. The van der Waals surface area contributed by atoms with Crippen LogP contribution in [-0.2, 0) is 9.53 Å². The second-order valence-electron chi connectivity index (χ2n) is 4.24. The lowest BCUT2D eigenvalue weighted by Crippen LogP contribution is -2.47. The summed E-state index contributed by atoms with van der Waals surface area (Å²) in [7, 11) is 0. The highest BCUT2D eigenvalue weighted by atomic mass is 32.1. The number of nitrogens with one attached hydrogen (secondary N) is 1. The molecule has 0 aromatic carbocycles. The molecule has 1 aliphatic rings. The number of carbonyl (C=O) groups is 2. The van der Waals surface area contributed by atoms with Gasteiger partial charge in [-0.1, -0.05) is 0 Å². The number of hydrogen-bond acceptors (Lipinski definition) is 4. The predicted octanol–water partition coefficient (Wildman–Crippen LogP) is 1.31. The fourth-order valence-electron chi connectivity index (χ4n) is 1.88. The molecule has 0 aliphatic carbocycles. The Bertz CT molecular complexity index is 435. The zero-order chi connectivity index (χ0) is 13.7. The number of nitrogens with zero attached hydrogens (tertiary/aromatic N) is 1. The third-order valence-electron chi connectivity index (χ3n) is 2.88. The van der Waals surface area contributed by atoms with Crippen molar-refractivity contribution in [3.05, 3.63) is 22.4 Å². The molecule has 1 saturated heterocycles. The number of carbonyl (C=O) groups excluding carboxylic acids is 1. The standard InChI is InChI=1S/C12H16N2O4S/c15-11(16)1-3-13-12(17)14-4-5-18-10(7-14)9-2-6-19-8-9/h2,6,8,10H,1,3-5,7H2,(H,13,17)(H,15,16). The van der Waals surface area contributed by atoms with E-state index in [4.69, 9.17) is 9.84 Å². The molecule has 2 N–H and O–H groups in total. The minimum atomic E-state index is -0.918. The topological polar surface area (TPSA) is 78.9 Å². The van der Waals surface area contributed by atoms with Gasteiger partial charge in [-0.05, 0) is 22.4 Å². The van der Waals surface area contributed by atoms with Crippen molar-refractivity contribution in [3.8, 4) is 0 Å². The summed E-state index contributed by atoms with van der Waals surface area (Å²) < 4.78 is 5.64. The molecular formula is C12H16N2O4S. The summed E-state index contributed by atoms with van der Waals surface area (Å²) in [5, 5.41) is 15.1. The first-order chi connectivity index (χ1) is 9.16. The molecule has 2 rings (SSSR count). The Morgan fingerprint density at radius 3 is 3.11 bits per heavy atom. The van der Waals surface area contributed by atoms with Crippen LogP contribution in [0.15, 0.2) is 16.8 Å². The molecule has 0 bridgehead atoms. The minimum Gasteiger partial charge on any atom is -0.481 e. The van der Waals surface area contributed by atoms with Crippen molar-refractivity contribution in [1.29, 1.82) is 0 Å². The fraction of sp³-hybridized carbons (Fsp3) is 0.500. The molecule has 1 aliphatic heterocycles. The number of thiophene rings is 1. The van der Waals surface area contributed by atoms with Crippen molar-refractivity contribution < 1.29 is 19.4 Å². The highest BCUT2D eigenvalue weighted by Gasteiger charge is 2.25. The van der Waals surface area contributed by atoms with Gasteiger partial charge >= 0.3 is 12.0 Å². The molecule has 1 atom stereocenters. The van der Waals surface area contributed by atoms with E-state index in [1.165, 1.54) is 0 Å². The third-order valence-corrected chi connectivity index (χ3v) is 3.59. The number of hydrogen-bond donors (Lipinski definition) is 2. The average molecular weight is 284 g/mol. The maximum absolute atomic E-state index is 11.9. The summed E-state index contributed by atoms with van der Waals surface area (Å²) in [6, 6.07) is 1.76. The van der Waals surface area contributed by atoms with E-state index in [-0.39, 0.29) is 25.1 Å². The highest BCUT2D eigenvalue weighted by molar-refractivity contribution is 7.07. The van der Waals surface area contributed by atoms with Crippen LogP contribution in [0.3, 0.4) is 0 Å². The van der Waals surface area contributed by atoms with E-state index in [0.717, 1.165) is 5.56 Å². The van der Waals surface area contributed by atoms with E-state index >= 15 is 0 Å². The molecule has 0 saturated carbocycles. The van der Waals surface area contributed by atoms with E-state index < -0.39 is 5.97 Å². The Morgan fingerprint density at radius 2 is 2.42 bits per heavy atom. The van der Waals surface area contributed by atoms with Crippen molar-refractivity contribution in [1.82, 2.24) is 10.2 Å². The highest BCUT2D eigenvalue weighted by Crippen LogP contribution is 2.23. The van der Waals surface area contributed by atoms with E-state index in [1.807, 2.05) is 16.8 Å². The Labute approximate surface area is 115 Å². The number of ether oxygens (including phenoxy) is 1. The lowest BCUT2D eigenvalue weighted by Gasteiger charge is -2.32. The average Bonchev–Trinajstić information content (AvgIpc) is 2.92. The zero-order valence-electron chi connectivity index (χ0n) is 10.4.